The maximum atomic E-state index is 12.0. The van der Waals surface area contributed by atoms with Gasteiger partial charge in [0.25, 0.3) is 6.43 Å². The Balaban J connectivity index is 2.16. The summed E-state index contributed by atoms with van der Waals surface area (Å²) in [5.74, 6) is 0.697. The van der Waals surface area contributed by atoms with Crippen molar-refractivity contribution in [3.05, 3.63) is 0 Å². The fourth-order valence-electron chi connectivity index (χ4n) is 1.24. The monoisotopic (exact) mass is 241 g/mol. The summed E-state index contributed by atoms with van der Waals surface area (Å²) < 4.78 is 24.0. The lowest BCUT2D eigenvalue weighted by atomic mass is 10.3. The molecule has 1 saturated carbocycles. The van der Waals surface area contributed by atoms with Gasteiger partial charge in [-0.05, 0) is 18.8 Å². The number of rotatable bonds is 6. The predicted molar refractivity (Wildman–Crippen MR) is 49.0 cm³/mol. The summed E-state index contributed by atoms with van der Waals surface area (Å²) in [7, 11) is 0. The lowest BCUT2D eigenvalue weighted by molar-refractivity contribution is 0.0893. The van der Waals surface area contributed by atoms with Crippen LogP contribution in [0.25, 0.3) is 0 Å². The average Bonchev–Trinajstić information content (AvgIpc) is 2.70. The lowest BCUT2D eigenvalue weighted by Gasteiger charge is -2.20. The summed E-state index contributed by atoms with van der Waals surface area (Å²) in [5.41, 5.74) is 0. The van der Waals surface area contributed by atoms with E-state index in [-0.39, 0.29) is 6.54 Å². The van der Waals surface area contributed by atoms with Crippen LogP contribution in [-0.2, 0) is 0 Å². The van der Waals surface area contributed by atoms with E-state index in [9.17, 15) is 8.78 Å². The van der Waals surface area contributed by atoms with Crippen molar-refractivity contribution in [2.45, 2.75) is 19.3 Å². The Bertz CT molecular complexity index is 124. The van der Waals surface area contributed by atoms with E-state index in [1.807, 2.05) is 4.90 Å². The first-order valence-corrected chi connectivity index (χ1v) is 5.41. The van der Waals surface area contributed by atoms with Gasteiger partial charge >= 0.3 is 0 Å². The third-order valence-electron chi connectivity index (χ3n) is 2.01. The van der Waals surface area contributed by atoms with Crippen LogP contribution in [-0.4, -0.2) is 36.3 Å². The van der Waals surface area contributed by atoms with Crippen LogP contribution in [0.4, 0.5) is 8.78 Å². The number of hydrogen-bond acceptors (Lipinski definition) is 1. The molecule has 4 heteroatoms. The molecule has 0 saturated heterocycles. The van der Waals surface area contributed by atoms with Gasteiger partial charge in [-0.15, -0.1) is 0 Å². The highest BCUT2D eigenvalue weighted by Crippen LogP contribution is 2.29. The van der Waals surface area contributed by atoms with Crippen molar-refractivity contribution in [3.8, 4) is 0 Å². The summed E-state index contributed by atoms with van der Waals surface area (Å²) in [6.45, 7) is 1.53. The van der Waals surface area contributed by atoms with Gasteiger partial charge < -0.3 is 0 Å². The summed E-state index contributed by atoms with van der Waals surface area (Å²) in [6.07, 6.45) is 0.257. The van der Waals surface area contributed by atoms with Crippen LogP contribution in [0.15, 0.2) is 0 Å². The van der Waals surface area contributed by atoms with Crippen LogP contribution in [0.3, 0.4) is 0 Å². The zero-order chi connectivity index (χ0) is 8.97. The molecule has 0 atom stereocenters. The third kappa shape index (κ3) is 4.36. The summed E-state index contributed by atoms with van der Waals surface area (Å²) >= 11 is 3.26. The molecule has 0 unspecified atom stereocenters. The molecule has 72 valence electrons. The number of alkyl halides is 3. The van der Waals surface area contributed by atoms with E-state index in [0.29, 0.717) is 5.92 Å². The van der Waals surface area contributed by atoms with Gasteiger partial charge in [0.15, 0.2) is 0 Å². The number of halogens is 3. The van der Waals surface area contributed by atoms with E-state index in [0.717, 1.165) is 18.4 Å². The fraction of sp³-hybridized carbons (Fsp3) is 1.00. The Morgan fingerprint density at radius 1 is 1.42 bits per heavy atom. The molecule has 0 aromatic rings. The van der Waals surface area contributed by atoms with Crippen molar-refractivity contribution >= 4 is 15.9 Å². The quantitative estimate of drug-likeness (QED) is 0.646. The Morgan fingerprint density at radius 3 is 2.50 bits per heavy atom. The van der Waals surface area contributed by atoms with Crippen LogP contribution in [0.1, 0.15) is 12.8 Å². The molecule has 1 nitrogen and oxygen atoms in total. The number of hydrogen-bond donors (Lipinski definition) is 0. The summed E-state index contributed by atoms with van der Waals surface area (Å²) in [5, 5.41) is 0.784. The second-order valence-electron chi connectivity index (χ2n) is 3.28. The Hall–Kier alpha value is 0.300. The van der Waals surface area contributed by atoms with Crippen molar-refractivity contribution in [1.82, 2.24) is 4.90 Å². The van der Waals surface area contributed by atoms with Crippen molar-refractivity contribution in [3.63, 3.8) is 0 Å². The van der Waals surface area contributed by atoms with Crippen molar-refractivity contribution < 1.29 is 8.78 Å². The second-order valence-corrected chi connectivity index (χ2v) is 4.08. The molecular weight excluding hydrogens is 228 g/mol. The van der Waals surface area contributed by atoms with E-state index in [1.54, 1.807) is 0 Å². The zero-order valence-electron chi connectivity index (χ0n) is 6.98. The maximum Gasteiger partial charge on any atom is 0.251 e. The van der Waals surface area contributed by atoms with Crippen LogP contribution in [0.5, 0.6) is 0 Å². The summed E-state index contributed by atoms with van der Waals surface area (Å²) in [4.78, 5) is 1.84. The van der Waals surface area contributed by atoms with Crippen molar-refractivity contribution in [2.24, 2.45) is 5.92 Å². The molecule has 0 aliphatic heterocycles. The molecule has 0 aromatic carbocycles. The highest BCUT2D eigenvalue weighted by Gasteiger charge is 2.25. The molecule has 1 aliphatic carbocycles. The van der Waals surface area contributed by atoms with Gasteiger partial charge in [0.1, 0.15) is 0 Å². The summed E-state index contributed by atoms with van der Waals surface area (Å²) in [6, 6.07) is 0. The molecule has 0 amide bonds. The van der Waals surface area contributed by atoms with E-state index < -0.39 is 6.43 Å². The second kappa shape index (κ2) is 5.12. The number of nitrogens with zero attached hydrogens (tertiary/aromatic N) is 1. The molecule has 1 aliphatic rings. The molecule has 1 rings (SSSR count). The van der Waals surface area contributed by atoms with Gasteiger partial charge in [-0.2, -0.15) is 0 Å². The van der Waals surface area contributed by atoms with E-state index in [1.165, 1.54) is 12.8 Å². The zero-order valence-corrected chi connectivity index (χ0v) is 8.56. The first-order valence-electron chi connectivity index (χ1n) is 4.29. The minimum Gasteiger partial charge on any atom is -0.297 e. The van der Waals surface area contributed by atoms with Gasteiger partial charge in [0.2, 0.25) is 0 Å². The SMILES string of the molecule is FC(F)CN(CCBr)CC1CC1. The highest BCUT2D eigenvalue weighted by molar-refractivity contribution is 9.09. The van der Waals surface area contributed by atoms with Crippen molar-refractivity contribution in [2.75, 3.05) is 25.0 Å². The smallest absolute Gasteiger partial charge is 0.251 e. The minimum absolute atomic E-state index is 0.0674. The van der Waals surface area contributed by atoms with Crippen LogP contribution in [0.2, 0.25) is 0 Å². The molecule has 1 fully saturated rings. The predicted octanol–water partition coefficient (Wildman–Crippen LogP) is 2.36. The minimum atomic E-state index is -2.19. The van der Waals surface area contributed by atoms with E-state index in [2.05, 4.69) is 15.9 Å². The Labute approximate surface area is 80.2 Å². The van der Waals surface area contributed by atoms with Gasteiger partial charge in [0, 0.05) is 18.4 Å². The molecule has 12 heavy (non-hydrogen) atoms. The van der Waals surface area contributed by atoms with Crippen LogP contribution < -0.4 is 0 Å². The highest BCUT2D eigenvalue weighted by atomic mass is 79.9. The standard InChI is InChI=1S/C8H14BrF2N/c9-3-4-12(6-8(10)11)5-7-1-2-7/h7-8H,1-6H2. The molecule has 0 N–H and O–H groups in total. The van der Waals surface area contributed by atoms with Crippen molar-refractivity contribution in [1.29, 1.82) is 0 Å². The first-order chi connectivity index (χ1) is 5.72. The molecule has 0 aromatic heterocycles. The Morgan fingerprint density at radius 2 is 2.08 bits per heavy atom. The van der Waals surface area contributed by atoms with Crippen LogP contribution >= 0.6 is 15.9 Å². The molecule has 0 heterocycles. The topological polar surface area (TPSA) is 3.24 Å². The van der Waals surface area contributed by atoms with Gasteiger partial charge in [-0.1, -0.05) is 15.9 Å². The van der Waals surface area contributed by atoms with E-state index >= 15 is 0 Å². The van der Waals surface area contributed by atoms with E-state index in [4.69, 9.17) is 0 Å². The maximum absolute atomic E-state index is 12.0. The Kier molecular flexibility index (Phi) is 4.43. The van der Waals surface area contributed by atoms with Gasteiger partial charge in [-0.3, -0.25) is 4.90 Å². The molecule has 0 bridgehead atoms. The largest absolute Gasteiger partial charge is 0.297 e. The first kappa shape index (κ1) is 10.4. The van der Waals surface area contributed by atoms with Gasteiger partial charge in [-0.25, -0.2) is 8.78 Å². The molecule has 0 spiro atoms. The molecule has 0 radical (unpaired) electrons. The lowest BCUT2D eigenvalue weighted by Crippen LogP contribution is -2.32. The third-order valence-corrected chi connectivity index (χ3v) is 2.36. The average molecular weight is 242 g/mol. The molecular formula is C8H14BrF2N. The normalized spacial score (nSPS) is 17.8. The van der Waals surface area contributed by atoms with Gasteiger partial charge in [0.05, 0.1) is 6.54 Å². The fourth-order valence-corrected chi connectivity index (χ4v) is 1.74. The van der Waals surface area contributed by atoms with Crippen LogP contribution in [0, 0.1) is 5.92 Å².